The molecule has 3 fully saturated rings. The van der Waals surface area contributed by atoms with Crippen LogP contribution in [0.3, 0.4) is 0 Å². The summed E-state index contributed by atoms with van der Waals surface area (Å²) in [7, 11) is 0. The first-order valence-corrected chi connectivity index (χ1v) is 13.9. The average molecular weight is 487 g/mol. The van der Waals surface area contributed by atoms with Gasteiger partial charge in [-0.05, 0) is 99.9 Å². The highest BCUT2D eigenvalue weighted by atomic mass is 16.3. The number of rotatable bonds is 9. The van der Waals surface area contributed by atoms with Gasteiger partial charge in [0.15, 0.2) is 0 Å². The molecule has 0 aromatic heterocycles. The fourth-order valence-corrected chi connectivity index (χ4v) is 7.57. The van der Waals surface area contributed by atoms with E-state index in [0.29, 0.717) is 47.5 Å². The average Bonchev–Trinajstić information content (AvgIpc) is 3.12. The second kappa shape index (κ2) is 11.9. The fourth-order valence-electron chi connectivity index (χ4n) is 7.57. The normalized spacial score (nSPS) is 35.7. The van der Waals surface area contributed by atoms with Crippen LogP contribution in [-0.4, -0.2) is 44.8 Å². The second-order valence-electron chi connectivity index (χ2n) is 12.5. The molecule has 4 N–H and O–H groups in total. The third kappa shape index (κ3) is 6.77. The minimum Gasteiger partial charge on any atom is -0.392 e. The van der Waals surface area contributed by atoms with Crippen LogP contribution in [0.1, 0.15) is 91.9 Å². The predicted molar refractivity (Wildman–Crippen MR) is 144 cm³/mol. The zero-order valence-corrected chi connectivity index (χ0v) is 22.5. The van der Waals surface area contributed by atoms with Crippen LogP contribution in [0.5, 0.6) is 0 Å². The molecule has 198 valence electrons. The van der Waals surface area contributed by atoms with Crippen molar-refractivity contribution in [2.75, 3.05) is 6.61 Å². The third-order valence-corrected chi connectivity index (χ3v) is 9.42. The summed E-state index contributed by atoms with van der Waals surface area (Å²) >= 11 is 0. The molecule has 0 bridgehead atoms. The summed E-state index contributed by atoms with van der Waals surface area (Å²) in [4.78, 5) is 0. The minimum atomic E-state index is -0.725. The lowest BCUT2D eigenvalue weighted by Gasteiger charge is -2.47. The van der Waals surface area contributed by atoms with E-state index in [0.717, 1.165) is 24.8 Å². The first kappa shape index (κ1) is 28.4. The highest BCUT2D eigenvalue weighted by Crippen LogP contribution is 2.61. The standard InChI is InChI=1S/C31H50O4/c1-6-8-23-14-17-31(5)26(21(2)9-7-16-30(3,4)35)12-13-27(31)24(23)11-10-22-19-28(33)25(15-18-32)29(34)20-22/h6,10-11,15,21,23,26-29,32-35H,1,7-9,12-14,16-20H2,2-5H3/b22-10?,24-11+,25-15?/t21-,23-,26-,27+,28-,29-,31-/m1/s1. The Labute approximate surface area is 213 Å². The van der Waals surface area contributed by atoms with E-state index < -0.39 is 17.8 Å². The molecule has 0 spiro atoms. The highest BCUT2D eigenvalue weighted by molar-refractivity contribution is 5.32. The van der Waals surface area contributed by atoms with E-state index in [1.165, 1.54) is 37.7 Å². The molecule has 0 aromatic carbocycles. The molecule has 0 unspecified atom stereocenters. The molecule has 7 atom stereocenters. The van der Waals surface area contributed by atoms with Crippen molar-refractivity contribution in [3.63, 3.8) is 0 Å². The van der Waals surface area contributed by atoms with Crippen molar-refractivity contribution in [2.45, 2.75) is 110 Å². The van der Waals surface area contributed by atoms with Crippen molar-refractivity contribution in [2.24, 2.45) is 29.1 Å². The first-order valence-electron chi connectivity index (χ1n) is 13.9. The maximum Gasteiger partial charge on any atom is 0.0813 e. The smallest absolute Gasteiger partial charge is 0.0813 e. The topological polar surface area (TPSA) is 80.9 Å². The van der Waals surface area contributed by atoms with Gasteiger partial charge in [-0.2, -0.15) is 0 Å². The molecular weight excluding hydrogens is 436 g/mol. The molecule has 3 rings (SSSR count). The molecule has 0 aliphatic heterocycles. The van der Waals surface area contributed by atoms with Gasteiger partial charge in [-0.1, -0.05) is 62.1 Å². The van der Waals surface area contributed by atoms with E-state index in [9.17, 15) is 20.4 Å². The summed E-state index contributed by atoms with van der Waals surface area (Å²) in [6, 6.07) is 0. The van der Waals surface area contributed by atoms with Crippen LogP contribution in [0, 0.1) is 29.1 Å². The van der Waals surface area contributed by atoms with Crippen molar-refractivity contribution < 1.29 is 20.4 Å². The summed E-state index contributed by atoms with van der Waals surface area (Å²) in [5.74, 6) is 2.46. The van der Waals surface area contributed by atoms with Crippen molar-refractivity contribution in [1.82, 2.24) is 0 Å². The molecule has 0 amide bonds. The summed E-state index contributed by atoms with van der Waals surface area (Å²) < 4.78 is 0. The molecular formula is C31H50O4. The van der Waals surface area contributed by atoms with Gasteiger partial charge in [-0.15, -0.1) is 6.58 Å². The molecule has 0 radical (unpaired) electrons. The van der Waals surface area contributed by atoms with E-state index in [2.05, 4.69) is 38.7 Å². The lowest BCUT2D eigenvalue weighted by atomic mass is 9.58. The van der Waals surface area contributed by atoms with Crippen molar-refractivity contribution in [3.05, 3.63) is 47.6 Å². The number of allylic oxidation sites excluding steroid dienone is 4. The maximum absolute atomic E-state index is 10.5. The van der Waals surface area contributed by atoms with Gasteiger partial charge in [0.2, 0.25) is 0 Å². The first-order chi connectivity index (χ1) is 16.5. The largest absolute Gasteiger partial charge is 0.392 e. The van der Waals surface area contributed by atoms with Gasteiger partial charge in [0.1, 0.15) is 0 Å². The van der Waals surface area contributed by atoms with E-state index in [4.69, 9.17) is 0 Å². The maximum atomic E-state index is 10.5. The summed E-state index contributed by atoms with van der Waals surface area (Å²) in [6.45, 7) is 12.6. The Hall–Kier alpha value is -1.20. The predicted octanol–water partition coefficient (Wildman–Crippen LogP) is 5.87. The van der Waals surface area contributed by atoms with E-state index >= 15 is 0 Å². The molecule has 0 aromatic rings. The zero-order chi connectivity index (χ0) is 25.8. The molecule has 3 aliphatic carbocycles. The number of fused-ring (bicyclic) bond motifs is 1. The van der Waals surface area contributed by atoms with Crippen molar-refractivity contribution in [3.8, 4) is 0 Å². The number of hydrogen-bond donors (Lipinski definition) is 4. The van der Waals surface area contributed by atoms with Gasteiger partial charge in [0.05, 0.1) is 24.4 Å². The van der Waals surface area contributed by atoms with Gasteiger partial charge in [0, 0.05) is 0 Å². The van der Waals surface area contributed by atoms with Crippen LogP contribution in [0.25, 0.3) is 0 Å². The lowest BCUT2D eigenvalue weighted by Crippen LogP contribution is -2.38. The summed E-state index contributed by atoms with van der Waals surface area (Å²) in [6.07, 6.45) is 16.7. The van der Waals surface area contributed by atoms with Crippen LogP contribution in [0.2, 0.25) is 0 Å². The fraction of sp³-hybridized carbons (Fsp3) is 0.742. The Kier molecular flexibility index (Phi) is 9.64. The molecule has 0 saturated heterocycles. The Morgan fingerprint density at radius 1 is 1.09 bits per heavy atom. The lowest BCUT2D eigenvalue weighted by molar-refractivity contribution is 0.0567. The highest BCUT2D eigenvalue weighted by Gasteiger charge is 2.52. The van der Waals surface area contributed by atoms with Crippen molar-refractivity contribution >= 4 is 0 Å². The van der Waals surface area contributed by atoms with Gasteiger partial charge in [-0.25, -0.2) is 0 Å². The van der Waals surface area contributed by atoms with E-state index in [1.54, 1.807) is 6.08 Å². The van der Waals surface area contributed by atoms with Crippen LogP contribution >= 0.6 is 0 Å². The van der Waals surface area contributed by atoms with Crippen LogP contribution in [0.4, 0.5) is 0 Å². The summed E-state index contributed by atoms with van der Waals surface area (Å²) in [5, 5.41) is 40.3. The van der Waals surface area contributed by atoms with Crippen LogP contribution < -0.4 is 0 Å². The molecule has 4 nitrogen and oxygen atoms in total. The van der Waals surface area contributed by atoms with E-state index in [1.807, 2.05) is 13.8 Å². The molecule has 0 heterocycles. The second-order valence-corrected chi connectivity index (χ2v) is 12.5. The quantitative estimate of drug-likeness (QED) is 0.307. The Morgan fingerprint density at radius 2 is 1.77 bits per heavy atom. The monoisotopic (exact) mass is 486 g/mol. The van der Waals surface area contributed by atoms with Gasteiger partial charge in [-0.3, -0.25) is 0 Å². The van der Waals surface area contributed by atoms with Gasteiger partial charge in [0.25, 0.3) is 0 Å². The zero-order valence-electron chi connectivity index (χ0n) is 22.5. The van der Waals surface area contributed by atoms with Gasteiger partial charge < -0.3 is 20.4 Å². The third-order valence-electron chi connectivity index (χ3n) is 9.42. The van der Waals surface area contributed by atoms with Crippen molar-refractivity contribution in [1.29, 1.82) is 0 Å². The Morgan fingerprint density at radius 3 is 2.37 bits per heavy atom. The Balaban J connectivity index is 1.79. The molecule has 4 heteroatoms. The summed E-state index contributed by atoms with van der Waals surface area (Å²) in [5.41, 5.74) is 2.89. The molecule has 3 aliphatic rings. The SMILES string of the molecule is C=CC[C@@H]1CC[C@]2(C)[C@@H]([C@H](C)CCCC(C)(C)O)CC[C@H]2/C1=C/C=C1C[C@@H](O)C(=CCO)[C@H](O)C1. The van der Waals surface area contributed by atoms with E-state index in [-0.39, 0.29) is 6.61 Å². The number of aliphatic hydroxyl groups is 4. The van der Waals surface area contributed by atoms with Gasteiger partial charge >= 0.3 is 0 Å². The molecule has 3 saturated carbocycles. The minimum absolute atomic E-state index is 0.159. The van der Waals surface area contributed by atoms with Crippen LogP contribution in [0.15, 0.2) is 47.6 Å². The Bertz CT molecular complexity index is 800. The molecule has 35 heavy (non-hydrogen) atoms. The number of hydrogen-bond acceptors (Lipinski definition) is 4. The number of aliphatic hydroxyl groups excluding tert-OH is 3. The van der Waals surface area contributed by atoms with Crippen LogP contribution in [-0.2, 0) is 0 Å².